The second-order valence-electron chi connectivity index (χ2n) is 5.18. The molecule has 1 fully saturated rings. The van der Waals surface area contributed by atoms with Gasteiger partial charge in [-0.25, -0.2) is 0 Å². The Bertz CT molecular complexity index is 361. The molecule has 1 aliphatic rings. The van der Waals surface area contributed by atoms with E-state index in [2.05, 4.69) is 36.2 Å². The molecule has 3 nitrogen and oxygen atoms in total. The number of nitrogens with zero attached hydrogens (tertiary/aromatic N) is 1. The van der Waals surface area contributed by atoms with E-state index in [0.29, 0.717) is 12.1 Å². The van der Waals surface area contributed by atoms with E-state index in [-0.39, 0.29) is 0 Å². The first-order valence-electron chi connectivity index (χ1n) is 6.92. The lowest BCUT2D eigenvalue weighted by Gasteiger charge is -2.20. The summed E-state index contributed by atoms with van der Waals surface area (Å²) in [6, 6.07) is 9.48. The number of likely N-dealkylation sites (tertiary alicyclic amines) is 1. The highest BCUT2D eigenvalue weighted by Crippen LogP contribution is 2.20. The predicted octanol–water partition coefficient (Wildman–Crippen LogP) is 2.98. The average molecular weight is 248 g/mol. The van der Waals surface area contributed by atoms with E-state index in [0.717, 1.165) is 18.9 Å². The minimum atomic E-state index is 0.574. The quantitative estimate of drug-likeness (QED) is 0.867. The molecule has 3 heteroatoms. The molecule has 2 rings (SSSR count). The summed E-state index contributed by atoms with van der Waals surface area (Å²) < 4.78 is 5.44. The third kappa shape index (κ3) is 3.39. The summed E-state index contributed by atoms with van der Waals surface area (Å²) >= 11 is 0. The number of anilines is 1. The Morgan fingerprint density at radius 1 is 1.33 bits per heavy atom. The highest BCUT2D eigenvalue weighted by Gasteiger charge is 2.23. The van der Waals surface area contributed by atoms with Crippen LogP contribution < -0.4 is 10.1 Å². The molecule has 1 aromatic carbocycles. The molecule has 0 aliphatic carbocycles. The monoisotopic (exact) mass is 248 g/mol. The largest absolute Gasteiger partial charge is 0.494 e. The Balaban J connectivity index is 1.86. The van der Waals surface area contributed by atoms with Crippen LogP contribution in [0.2, 0.25) is 0 Å². The fourth-order valence-corrected chi connectivity index (χ4v) is 2.42. The number of ether oxygens (including phenoxy) is 1. The topological polar surface area (TPSA) is 24.5 Å². The molecule has 0 spiro atoms. The maximum atomic E-state index is 5.44. The molecular formula is C15H24N2O. The maximum absolute atomic E-state index is 5.44. The zero-order chi connectivity index (χ0) is 13.0. The summed E-state index contributed by atoms with van der Waals surface area (Å²) in [4.78, 5) is 2.52. The van der Waals surface area contributed by atoms with Crippen LogP contribution in [0.3, 0.4) is 0 Å². The molecule has 0 amide bonds. The van der Waals surface area contributed by atoms with Crippen LogP contribution in [0.5, 0.6) is 5.75 Å². The normalized spacial score (nSPS) is 20.3. The van der Waals surface area contributed by atoms with Crippen molar-refractivity contribution < 1.29 is 4.74 Å². The second-order valence-corrected chi connectivity index (χ2v) is 5.18. The minimum Gasteiger partial charge on any atom is -0.494 e. The van der Waals surface area contributed by atoms with Gasteiger partial charge in [0, 0.05) is 30.9 Å². The number of hydrogen-bond acceptors (Lipinski definition) is 3. The van der Waals surface area contributed by atoms with E-state index >= 15 is 0 Å². The first kappa shape index (κ1) is 13.2. The van der Waals surface area contributed by atoms with Gasteiger partial charge in [0.05, 0.1) is 6.61 Å². The van der Waals surface area contributed by atoms with Gasteiger partial charge in [-0.15, -0.1) is 0 Å². The fraction of sp³-hybridized carbons (Fsp3) is 0.600. The third-order valence-electron chi connectivity index (χ3n) is 3.49. The molecule has 1 heterocycles. The molecule has 1 aromatic rings. The summed E-state index contributed by atoms with van der Waals surface area (Å²) in [5.41, 5.74) is 1.19. The van der Waals surface area contributed by atoms with Crippen LogP contribution in [0.1, 0.15) is 27.2 Å². The molecule has 1 aliphatic heterocycles. The van der Waals surface area contributed by atoms with Crippen molar-refractivity contribution in [1.82, 2.24) is 4.90 Å². The van der Waals surface area contributed by atoms with Gasteiger partial charge in [-0.3, -0.25) is 4.90 Å². The summed E-state index contributed by atoms with van der Waals surface area (Å²) in [5.74, 6) is 0.943. The van der Waals surface area contributed by atoms with Crippen molar-refractivity contribution in [3.63, 3.8) is 0 Å². The van der Waals surface area contributed by atoms with E-state index in [9.17, 15) is 0 Å². The molecule has 0 saturated carbocycles. The molecule has 0 bridgehead atoms. The molecule has 1 unspecified atom stereocenters. The Morgan fingerprint density at radius 3 is 2.61 bits per heavy atom. The lowest BCUT2D eigenvalue weighted by Crippen LogP contribution is -2.31. The van der Waals surface area contributed by atoms with Crippen molar-refractivity contribution in [3.05, 3.63) is 24.3 Å². The fourth-order valence-electron chi connectivity index (χ4n) is 2.42. The summed E-state index contributed by atoms with van der Waals surface area (Å²) in [6.45, 7) is 9.60. The average Bonchev–Trinajstić information content (AvgIpc) is 2.81. The number of benzene rings is 1. The van der Waals surface area contributed by atoms with Gasteiger partial charge in [-0.2, -0.15) is 0 Å². The Hall–Kier alpha value is -1.22. The van der Waals surface area contributed by atoms with Gasteiger partial charge >= 0.3 is 0 Å². The highest BCUT2D eigenvalue weighted by atomic mass is 16.5. The predicted molar refractivity (Wildman–Crippen MR) is 76.3 cm³/mol. The van der Waals surface area contributed by atoms with Gasteiger partial charge in [-0.05, 0) is 51.5 Å². The van der Waals surface area contributed by atoms with E-state index < -0.39 is 0 Å². The lowest BCUT2D eigenvalue weighted by atomic mass is 10.2. The zero-order valence-corrected chi connectivity index (χ0v) is 11.6. The van der Waals surface area contributed by atoms with Crippen LogP contribution in [0, 0.1) is 0 Å². The molecular weight excluding hydrogens is 224 g/mol. The van der Waals surface area contributed by atoms with Crippen molar-refractivity contribution in [3.8, 4) is 5.75 Å². The lowest BCUT2D eigenvalue weighted by molar-refractivity contribution is 0.274. The first-order valence-corrected chi connectivity index (χ1v) is 6.92. The van der Waals surface area contributed by atoms with Crippen molar-refractivity contribution in [2.45, 2.75) is 39.3 Å². The van der Waals surface area contributed by atoms with E-state index in [1.165, 1.54) is 18.7 Å². The van der Waals surface area contributed by atoms with Crippen LogP contribution in [-0.4, -0.2) is 36.7 Å². The number of hydrogen-bond donors (Lipinski definition) is 1. The van der Waals surface area contributed by atoms with Crippen molar-refractivity contribution in [1.29, 1.82) is 0 Å². The van der Waals surface area contributed by atoms with Crippen molar-refractivity contribution in [2.24, 2.45) is 0 Å². The Labute approximate surface area is 110 Å². The smallest absolute Gasteiger partial charge is 0.119 e. The van der Waals surface area contributed by atoms with E-state index in [1.807, 2.05) is 19.1 Å². The summed E-state index contributed by atoms with van der Waals surface area (Å²) in [7, 11) is 0. The van der Waals surface area contributed by atoms with Gasteiger partial charge in [-0.1, -0.05) is 0 Å². The minimum absolute atomic E-state index is 0.574. The standard InChI is InChI=1S/C15H24N2O/c1-4-18-15-7-5-13(6-8-15)16-14-9-10-17(11-14)12(2)3/h5-8,12,14,16H,4,9-11H2,1-3H3. The third-order valence-corrected chi connectivity index (χ3v) is 3.49. The molecule has 1 saturated heterocycles. The van der Waals surface area contributed by atoms with Gasteiger partial charge in [0.2, 0.25) is 0 Å². The molecule has 1 atom stereocenters. The zero-order valence-electron chi connectivity index (χ0n) is 11.6. The maximum Gasteiger partial charge on any atom is 0.119 e. The van der Waals surface area contributed by atoms with Gasteiger partial charge in [0.1, 0.15) is 5.75 Å². The molecule has 1 N–H and O–H groups in total. The van der Waals surface area contributed by atoms with E-state index in [1.54, 1.807) is 0 Å². The van der Waals surface area contributed by atoms with Crippen LogP contribution in [0.4, 0.5) is 5.69 Å². The van der Waals surface area contributed by atoms with Gasteiger partial charge < -0.3 is 10.1 Å². The van der Waals surface area contributed by atoms with Crippen LogP contribution in [0.15, 0.2) is 24.3 Å². The van der Waals surface area contributed by atoms with Crippen LogP contribution >= 0.6 is 0 Å². The second kappa shape index (κ2) is 6.10. The molecule has 18 heavy (non-hydrogen) atoms. The van der Waals surface area contributed by atoms with Gasteiger partial charge in [0.15, 0.2) is 0 Å². The van der Waals surface area contributed by atoms with E-state index in [4.69, 9.17) is 4.74 Å². The molecule has 100 valence electrons. The molecule has 0 radical (unpaired) electrons. The summed E-state index contributed by atoms with van der Waals surface area (Å²) in [5, 5.41) is 3.60. The van der Waals surface area contributed by atoms with Crippen LogP contribution in [0.25, 0.3) is 0 Å². The van der Waals surface area contributed by atoms with Crippen molar-refractivity contribution in [2.75, 3.05) is 25.0 Å². The SMILES string of the molecule is CCOc1ccc(NC2CCN(C(C)C)C2)cc1. The molecule has 0 aromatic heterocycles. The van der Waals surface area contributed by atoms with Crippen molar-refractivity contribution >= 4 is 5.69 Å². The number of rotatable bonds is 5. The summed E-state index contributed by atoms with van der Waals surface area (Å²) in [6.07, 6.45) is 1.23. The number of nitrogens with one attached hydrogen (secondary N) is 1. The van der Waals surface area contributed by atoms with Crippen LogP contribution in [-0.2, 0) is 0 Å². The van der Waals surface area contributed by atoms with Gasteiger partial charge in [0.25, 0.3) is 0 Å². The Morgan fingerprint density at radius 2 is 2.06 bits per heavy atom. The highest BCUT2D eigenvalue weighted by molar-refractivity contribution is 5.47. The first-order chi connectivity index (χ1) is 8.69. The Kier molecular flexibility index (Phi) is 4.48.